The molecule has 2 rings (SSSR count). The molecule has 2 aromatic rings. The van der Waals surface area contributed by atoms with Crippen LogP contribution in [0.15, 0.2) is 47.5 Å². The van der Waals surface area contributed by atoms with Crippen molar-refractivity contribution < 1.29 is 9.13 Å². The van der Waals surface area contributed by atoms with Gasteiger partial charge in [-0.05, 0) is 23.8 Å². The Morgan fingerprint density at radius 2 is 2.04 bits per heavy atom. The fourth-order valence-corrected chi connectivity index (χ4v) is 2.12. The monoisotopic (exact) mass is 449 g/mol. The van der Waals surface area contributed by atoms with Gasteiger partial charge in [-0.2, -0.15) is 0 Å². The molecule has 124 valence electrons. The highest BCUT2D eigenvalue weighted by atomic mass is 127. The number of hydrogen-bond acceptors (Lipinski definition) is 2. The van der Waals surface area contributed by atoms with E-state index in [9.17, 15) is 4.39 Å². The lowest BCUT2D eigenvalue weighted by Gasteiger charge is -2.10. The summed E-state index contributed by atoms with van der Waals surface area (Å²) in [6.07, 6.45) is 0. The molecule has 0 aliphatic heterocycles. The largest absolute Gasteiger partial charge is 0.380 e. The fourth-order valence-electron chi connectivity index (χ4n) is 1.92. The summed E-state index contributed by atoms with van der Waals surface area (Å²) in [5.74, 6) is -0.182. The Labute approximate surface area is 156 Å². The third kappa shape index (κ3) is 5.96. The van der Waals surface area contributed by atoms with Crippen LogP contribution in [0.3, 0.4) is 0 Å². The number of nitrogens with two attached hydrogens (primary N) is 1. The van der Waals surface area contributed by atoms with Crippen LogP contribution in [0.4, 0.5) is 10.1 Å². The molecule has 0 amide bonds. The van der Waals surface area contributed by atoms with Gasteiger partial charge in [-0.25, -0.2) is 9.38 Å². The van der Waals surface area contributed by atoms with Crippen LogP contribution in [-0.4, -0.2) is 13.1 Å². The maximum atomic E-state index is 13.1. The molecule has 3 N–H and O–H groups in total. The molecule has 0 radical (unpaired) electrons. The van der Waals surface area contributed by atoms with Gasteiger partial charge in [-0.1, -0.05) is 35.9 Å². The number of rotatable bonds is 5. The van der Waals surface area contributed by atoms with Crippen LogP contribution in [0.1, 0.15) is 11.1 Å². The maximum Gasteiger partial charge on any atom is 0.193 e. The zero-order valence-electron chi connectivity index (χ0n) is 12.6. The van der Waals surface area contributed by atoms with Gasteiger partial charge in [0.2, 0.25) is 0 Å². The van der Waals surface area contributed by atoms with E-state index in [4.69, 9.17) is 22.1 Å². The van der Waals surface area contributed by atoms with E-state index in [1.54, 1.807) is 13.2 Å². The minimum atomic E-state index is -0.450. The van der Waals surface area contributed by atoms with Gasteiger partial charge in [0.05, 0.1) is 18.2 Å². The summed E-state index contributed by atoms with van der Waals surface area (Å²) in [4.78, 5) is 4.22. The Balaban J connectivity index is 0.00000264. The predicted octanol–water partition coefficient (Wildman–Crippen LogP) is 4.17. The predicted molar refractivity (Wildman–Crippen MR) is 103 cm³/mol. The van der Waals surface area contributed by atoms with Crippen LogP contribution >= 0.6 is 35.6 Å². The average molecular weight is 450 g/mol. The molecule has 0 spiro atoms. The number of methoxy groups -OCH3 is 1. The van der Waals surface area contributed by atoms with E-state index in [2.05, 4.69) is 10.3 Å². The molecule has 0 aromatic heterocycles. The number of benzene rings is 2. The summed E-state index contributed by atoms with van der Waals surface area (Å²) in [6.45, 7) is 0.787. The molecule has 23 heavy (non-hydrogen) atoms. The molecule has 0 bridgehead atoms. The number of guanidine groups is 1. The van der Waals surface area contributed by atoms with Crippen LogP contribution in [0.25, 0.3) is 0 Å². The zero-order valence-corrected chi connectivity index (χ0v) is 15.6. The molecule has 0 saturated heterocycles. The molecule has 0 aliphatic rings. The Kier molecular flexibility index (Phi) is 8.29. The van der Waals surface area contributed by atoms with E-state index < -0.39 is 5.82 Å². The molecule has 0 heterocycles. The Hall–Kier alpha value is -1.38. The van der Waals surface area contributed by atoms with Crippen molar-refractivity contribution >= 4 is 47.2 Å². The van der Waals surface area contributed by atoms with Gasteiger partial charge in [0.15, 0.2) is 5.96 Å². The van der Waals surface area contributed by atoms with Gasteiger partial charge in [0.25, 0.3) is 0 Å². The number of anilines is 1. The first kappa shape index (κ1) is 19.7. The Bertz CT molecular complexity index is 682. The van der Waals surface area contributed by atoms with Crippen LogP contribution in [0.2, 0.25) is 5.02 Å². The zero-order chi connectivity index (χ0) is 15.9. The third-order valence-corrected chi connectivity index (χ3v) is 3.29. The lowest BCUT2D eigenvalue weighted by Crippen LogP contribution is -2.23. The van der Waals surface area contributed by atoms with Crippen LogP contribution in [0, 0.1) is 5.82 Å². The number of ether oxygens (including phenoxy) is 1. The van der Waals surface area contributed by atoms with Gasteiger partial charge in [0.1, 0.15) is 5.82 Å². The molecule has 0 fully saturated rings. The second kappa shape index (κ2) is 9.69. The van der Waals surface area contributed by atoms with Gasteiger partial charge in [-0.3, -0.25) is 0 Å². The van der Waals surface area contributed by atoms with Crippen molar-refractivity contribution in [2.45, 2.75) is 13.2 Å². The number of aliphatic imine (C=N–C) groups is 1. The van der Waals surface area contributed by atoms with E-state index in [-0.39, 0.29) is 35.0 Å². The number of para-hydroxylation sites is 1. The van der Waals surface area contributed by atoms with Crippen LogP contribution in [-0.2, 0) is 17.9 Å². The first-order chi connectivity index (χ1) is 10.6. The molecule has 0 aliphatic carbocycles. The van der Waals surface area contributed by atoms with Gasteiger partial charge >= 0.3 is 0 Å². The summed E-state index contributed by atoms with van der Waals surface area (Å²) in [5.41, 5.74) is 8.47. The third-order valence-electron chi connectivity index (χ3n) is 3.00. The van der Waals surface area contributed by atoms with Gasteiger partial charge in [-0.15, -0.1) is 24.0 Å². The highest BCUT2D eigenvalue weighted by Gasteiger charge is 2.03. The van der Waals surface area contributed by atoms with Crippen LogP contribution < -0.4 is 11.1 Å². The second-order valence-corrected chi connectivity index (χ2v) is 5.07. The van der Waals surface area contributed by atoms with Crippen molar-refractivity contribution in [3.8, 4) is 0 Å². The standard InChI is InChI=1S/C16H17ClFN3O.HI/c1-22-10-12-4-2-3-5-15(12)21-16(19)20-9-11-6-7-14(18)13(17)8-11;/h2-8H,9-10H2,1H3,(H3,19,20,21);1H. The van der Waals surface area contributed by atoms with Crippen molar-refractivity contribution in [3.63, 3.8) is 0 Å². The van der Waals surface area contributed by atoms with Crippen molar-refractivity contribution in [2.75, 3.05) is 12.4 Å². The smallest absolute Gasteiger partial charge is 0.193 e. The molecule has 4 nitrogen and oxygen atoms in total. The first-order valence-electron chi connectivity index (χ1n) is 6.68. The lowest BCUT2D eigenvalue weighted by atomic mass is 10.2. The second-order valence-electron chi connectivity index (χ2n) is 4.67. The van der Waals surface area contributed by atoms with Crippen molar-refractivity contribution in [2.24, 2.45) is 10.7 Å². The van der Waals surface area contributed by atoms with Crippen molar-refractivity contribution in [1.82, 2.24) is 0 Å². The van der Waals surface area contributed by atoms with E-state index in [1.165, 1.54) is 12.1 Å². The van der Waals surface area contributed by atoms with E-state index >= 15 is 0 Å². The SMILES string of the molecule is COCc1ccccc1NC(N)=NCc1ccc(F)c(Cl)c1.I. The highest BCUT2D eigenvalue weighted by Crippen LogP contribution is 2.17. The molecule has 0 atom stereocenters. The fraction of sp³-hybridized carbons (Fsp3) is 0.188. The highest BCUT2D eigenvalue weighted by molar-refractivity contribution is 14.0. The van der Waals surface area contributed by atoms with Gasteiger partial charge < -0.3 is 15.8 Å². The molecular weight excluding hydrogens is 432 g/mol. The van der Waals surface area contributed by atoms with E-state index in [1.807, 2.05) is 24.3 Å². The summed E-state index contributed by atoms with van der Waals surface area (Å²) < 4.78 is 18.2. The molecule has 0 saturated carbocycles. The molecule has 2 aromatic carbocycles. The summed E-state index contributed by atoms with van der Waals surface area (Å²) in [5, 5.41) is 3.11. The Morgan fingerprint density at radius 3 is 2.74 bits per heavy atom. The normalized spacial score (nSPS) is 11.0. The Morgan fingerprint density at radius 1 is 1.30 bits per heavy atom. The summed E-state index contributed by atoms with van der Waals surface area (Å²) >= 11 is 5.73. The maximum absolute atomic E-state index is 13.1. The van der Waals surface area contributed by atoms with Gasteiger partial charge in [0, 0.05) is 18.4 Å². The topological polar surface area (TPSA) is 59.6 Å². The minimum absolute atomic E-state index is 0. The minimum Gasteiger partial charge on any atom is -0.380 e. The number of halogens is 3. The number of nitrogens with zero attached hydrogens (tertiary/aromatic N) is 1. The van der Waals surface area contributed by atoms with Crippen molar-refractivity contribution in [1.29, 1.82) is 0 Å². The van der Waals surface area contributed by atoms with Crippen LogP contribution in [0.5, 0.6) is 0 Å². The van der Waals surface area contributed by atoms with Crippen molar-refractivity contribution in [3.05, 3.63) is 64.4 Å². The molecular formula is C16H18ClFIN3O. The van der Waals surface area contributed by atoms with E-state index in [0.29, 0.717) is 13.2 Å². The quantitative estimate of drug-likeness (QED) is 0.409. The van der Waals surface area contributed by atoms with E-state index in [0.717, 1.165) is 16.8 Å². The average Bonchev–Trinajstić information content (AvgIpc) is 2.51. The summed E-state index contributed by atoms with van der Waals surface area (Å²) in [7, 11) is 1.63. The first-order valence-corrected chi connectivity index (χ1v) is 7.05. The summed E-state index contributed by atoms with van der Waals surface area (Å²) in [6, 6.07) is 12.1. The number of nitrogens with one attached hydrogen (secondary N) is 1. The number of hydrogen-bond donors (Lipinski definition) is 2. The molecule has 7 heteroatoms. The lowest BCUT2D eigenvalue weighted by molar-refractivity contribution is 0.185. The molecule has 0 unspecified atom stereocenters.